The number of oxazole rings is 1. The molecule has 5 nitrogen and oxygen atoms in total. The molecule has 0 saturated heterocycles. The van der Waals surface area contributed by atoms with Crippen LogP contribution in [0.5, 0.6) is 0 Å². The molecule has 0 N–H and O–H groups in total. The van der Waals surface area contributed by atoms with Crippen molar-refractivity contribution in [3.8, 4) is 11.5 Å². The maximum Gasteiger partial charge on any atom is 0.272 e. The lowest BCUT2D eigenvalue weighted by molar-refractivity contribution is -0.384. The molecular weight excluding hydrogens is 324 g/mol. The number of nitro groups is 1. The number of aryl methyl sites for hydroxylation is 1. The molecule has 100 valence electrons. The van der Waals surface area contributed by atoms with Crippen LogP contribution in [-0.2, 0) is 0 Å². The van der Waals surface area contributed by atoms with E-state index in [0.717, 1.165) is 10.0 Å². The van der Waals surface area contributed by atoms with Gasteiger partial charge in [0.15, 0.2) is 5.58 Å². The molecule has 0 bridgehead atoms. The van der Waals surface area contributed by atoms with Crippen molar-refractivity contribution in [3.05, 3.63) is 56.5 Å². The van der Waals surface area contributed by atoms with E-state index in [9.17, 15) is 10.1 Å². The molecule has 3 rings (SSSR count). The number of hydrogen-bond donors (Lipinski definition) is 0. The van der Waals surface area contributed by atoms with E-state index in [4.69, 9.17) is 4.42 Å². The maximum atomic E-state index is 10.9. The normalized spacial score (nSPS) is 10.9. The van der Waals surface area contributed by atoms with Gasteiger partial charge in [0.1, 0.15) is 5.52 Å². The zero-order valence-electron chi connectivity index (χ0n) is 10.5. The van der Waals surface area contributed by atoms with E-state index in [1.54, 1.807) is 6.92 Å². The third-order valence-corrected chi connectivity index (χ3v) is 3.44. The first-order valence-electron chi connectivity index (χ1n) is 5.86. The fourth-order valence-electron chi connectivity index (χ4n) is 2.03. The Morgan fingerprint density at radius 1 is 1.30 bits per heavy atom. The lowest BCUT2D eigenvalue weighted by Gasteiger charge is -1.95. The first-order chi connectivity index (χ1) is 9.54. The lowest BCUT2D eigenvalue weighted by Crippen LogP contribution is -1.88. The van der Waals surface area contributed by atoms with Crippen molar-refractivity contribution < 1.29 is 9.34 Å². The fourth-order valence-corrected chi connectivity index (χ4v) is 2.43. The number of non-ortho nitro benzene ring substituents is 1. The highest BCUT2D eigenvalue weighted by molar-refractivity contribution is 9.10. The molecule has 0 saturated carbocycles. The second kappa shape index (κ2) is 4.72. The Morgan fingerprint density at radius 2 is 2.10 bits per heavy atom. The first kappa shape index (κ1) is 12.8. The molecule has 20 heavy (non-hydrogen) atoms. The monoisotopic (exact) mass is 332 g/mol. The van der Waals surface area contributed by atoms with E-state index in [-0.39, 0.29) is 5.69 Å². The van der Waals surface area contributed by atoms with Crippen LogP contribution in [0.2, 0.25) is 0 Å². The van der Waals surface area contributed by atoms with Gasteiger partial charge in [0.05, 0.1) is 4.92 Å². The number of halogens is 1. The predicted molar refractivity (Wildman–Crippen MR) is 78.5 cm³/mol. The minimum Gasteiger partial charge on any atom is -0.436 e. The van der Waals surface area contributed by atoms with Crippen LogP contribution >= 0.6 is 15.9 Å². The highest BCUT2D eigenvalue weighted by Crippen LogP contribution is 2.30. The van der Waals surface area contributed by atoms with Gasteiger partial charge in [0, 0.05) is 27.7 Å². The van der Waals surface area contributed by atoms with Crippen LogP contribution in [0, 0.1) is 17.0 Å². The van der Waals surface area contributed by atoms with Crippen LogP contribution in [0.3, 0.4) is 0 Å². The van der Waals surface area contributed by atoms with Crippen LogP contribution < -0.4 is 0 Å². The quantitative estimate of drug-likeness (QED) is 0.512. The van der Waals surface area contributed by atoms with Gasteiger partial charge in [0.2, 0.25) is 5.89 Å². The van der Waals surface area contributed by atoms with Crippen molar-refractivity contribution in [2.24, 2.45) is 0 Å². The van der Waals surface area contributed by atoms with Gasteiger partial charge in [-0.05, 0) is 25.1 Å². The molecular formula is C14H9BrN2O3. The SMILES string of the molecule is Cc1cc([N+](=O)[O-])cc2nc(-c3cccc(Br)c3)oc12. The van der Waals surface area contributed by atoms with Crippen LogP contribution in [0.4, 0.5) is 5.69 Å². The summed E-state index contributed by atoms with van der Waals surface area (Å²) in [6, 6.07) is 10.4. The average molecular weight is 333 g/mol. The molecule has 0 fully saturated rings. The summed E-state index contributed by atoms with van der Waals surface area (Å²) in [4.78, 5) is 14.8. The molecule has 1 heterocycles. The molecule has 0 unspecified atom stereocenters. The van der Waals surface area contributed by atoms with Crippen molar-refractivity contribution in [3.63, 3.8) is 0 Å². The van der Waals surface area contributed by atoms with Gasteiger partial charge in [-0.1, -0.05) is 22.0 Å². The first-order valence-corrected chi connectivity index (χ1v) is 6.65. The van der Waals surface area contributed by atoms with E-state index in [1.807, 2.05) is 24.3 Å². The number of aromatic nitrogens is 1. The smallest absolute Gasteiger partial charge is 0.272 e. The lowest BCUT2D eigenvalue weighted by atomic mass is 10.2. The van der Waals surface area contributed by atoms with Crippen LogP contribution in [0.15, 0.2) is 45.3 Å². The summed E-state index contributed by atoms with van der Waals surface area (Å²) in [6.07, 6.45) is 0. The Bertz CT molecular complexity index is 826. The van der Waals surface area contributed by atoms with Gasteiger partial charge in [-0.25, -0.2) is 4.98 Å². The zero-order chi connectivity index (χ0) is 14.3. The second-order valence-electron chi connectivity index (χ2n) is 4.40. The Balaban J connectivity index is 2.20. The standard InChI is InChI=1S/C14H9BrN2O3/c1-8-5-11(17(18)19)7-12-13(8)20-14(16-12)9-3-2-4-10(15)6-9/h2-7H,1H3. The van der Waals surface area contributed by atoms with Gasteiger partial charge >= 0.3 is 0 Å². The summed E-state index contributed by atoms with van der Waals surface area (Å²) in [7, 11) is 0. The van der Waals surface area contributed by atoms with Gasteiger partial charge in [-0.15, -0.1) is 0 Å². The molecule has 6 heteroatoms. The molecule has 0 aliphatic carbocycles. The van der Waals surface area contributed by atoms with Crippen LogP contribution in [0.25, 0.3) is 22.6 Å². The van der Waals surface area contributed by atoms with E-state index < -0.39 is 4.92 Å². The summed E-state index contributed by atoms with van der Waals surface area (Å²) in [5.41, 5.74) is 2.60. The van der Waals surface area contributed by atoms with Crippen LogP contribution in [0.1, 0.15) is 5.56 Å². The summed E-state index contributed by atoms with van der Waals surface area (Å²) in [5, 5.41) is 10.9. The third kappa shape index (κ3) is 2.18. The highest BCUT2D eigenvalue weighted by atomic mass is 79.9. The summed E-state index contributed by atoms with van der Waals surface area (Å²) in [6.45, 7) is 1.77. The van der Waals surface area contributed by atoms with Gasteiger partial charge in [-0.3, -0.25) is 10.1 Å². The molecule has 0 aliphatic heterocycles. The van der Waals surface area contributed by atoms with Crippen molar-refractivity contribution in [2.45, 2.75) is 6.92 Å². The van der Waals surface area contributed by atoms with Crippen molar-refractivity contribution in [2.75, 3.05) is 0 Å². The van der Waals surface area contributed by atoms with Crippen molar-refractivity contribution in [1.82, 2.24) is 4.98 Å². The van der Waals surface area contributed by atoms with Crippen molar-refractivity contribution in [1.29, 1.82) is 0 Å². The maximum absolute atomic E-state index is 10.9. The van der Waals surface area contributed by atoms with E-state index in [0.29, 0.717) is 22.6 Å². The number of fused-ring (bicyclic) bond motifs is 1. The number of nitrogens with zero attached hydrogens (tertiary/aromatic N) is 2. The largest absolute Gasteiger partial charge is 0.436 e. The third-order valence-electron chi connectivity index (χ3n) is 2.94. The molecule has 0 amide bonds. The second-order valence-corrected chi connectivity index (χ2v) is 5.31. The molecule has 3 aromatic rings. The Morgan fingerprint density at radius 3 is 2.80 bits per heavy atom. The molecule has 0 aliphatic rings. The summed E-state index contributed by atoms with van der Waals surface area (Å²) < 4.78 is 6.64. The molecule has 2 aromatic carbocycles. The van der Waals surface area contributed by atoms with Crippen LogP contribution in [-0.4, -0.2) is 9.91 Å². The molecule has 0 spiro atoms. The van der Waals surface area contributed by atoms with Crippen molar-refractivity contribution >= 4 is 32.7 Å². The molecule has 0 atom stereocenters. The van der Waals surface area contributed by atoms with E-state index >= 15 is 0 Å². The Labute approximate surface area is 122 Å². The fraction of sp³-hybridized carbons (Fsp3) is 0.0714. The van der Waals surface area contributed by atoms with Gasteiger partial charge in [0.25, 0.3) is 5.69 Å². The highest BCUT2D eigenvalue weighted by Gasteiger charge is 2.15. The predicted octanol–water partition coefficient (Wildman–Crippen LogP) is 4.47. The number of hydrogen-bond acceptors (Lipinski definition) is 4. The minimum atomic E-state index is -0.431. The van der Waals surface area contributed by atoms with Gasteiger partial charge in [-0.2, -0.15) is 0 Å². The minimum absolute atomic E-state index is 0.0177. The summed E-state index contributed by atoms with van der Waals surface area (Å²) in [5.74, 6) is 0.449. The molecule has 1 aromatic heterocycles. The Hall–Kier alpha value is -2.21. The zero-order valence-corrected chi connectivity index (χ0v) is 12.0. The topological polar surface area (TPSA) is 69.2 Å². The van der Waals surface area contributed by atoms with E-state index in [2.05, 4.69) is 20.9 Å². The average Bonchev–Trinajstić information content (AvgIpc) is 2.83. The number of nitro benzene ring substituents is 1. The molecule has 0 radical (unpaired) electrons. The number of rotatable bonds is 2. The summed E-state index contributed by atoms with van der Waals surface area (Å²) >= 11 is 3.39. The van der Waals surface area contributed by atoms with Gasteiger partial charge < -0.3 is 4.42 Å². The Kier molecular flexibility index (Phi) is 3.02. The van der Waals surface area contributed by atoms with E-state index in [1.165, 1.54) is 12.1 Å². The number of benzene rings is 2.